The fraction of sp³-hybridized carbons (Fsp3) is 0.174. The van der Waals surface area contributed by atoms with E-state index < -0.39 is 15.8 Å². The number of ether oxygens (including phenoxy) is 1. The lowest BCUT2D eigenvalue weighted by Gasteiger charge is -2.27. The largest absolute Gasteiger partial charge is 0.493 e. The molecular weight excluding hydrogens is 419 g/mol. The Morgan fingerprint density at radius 3 is 2.58 bits per heavy atom. The van der Waals surface area contributed by atoms with E-state index in [2.05, 4.69) is 10.0 Å². The molecule has 160 valence electrons. The first-order chi connectivity index (χ1) is 14.8. The number of carbonyl (C=O) groups is 1. The number of carbonyl (C=O) groups excluding carboxylic acids is 1. The second-order valence-electron chi connectivity index (χ2n) is 7.29. The van der Waals surface area contributed by atoms with Gasteiger partial charge < -0.3 is 10.1 Å². The highest BCUT2D eigenvalue weighted by Crippen LogP contribution is 2.32. The Labute approximate surface area is 180 Å². The van der Waals surface area contributed by atoms with E-state index in [0.717, 1.165) is 23.4 Å². The summed E-state index contributed by atoms with van der Waals surface area (Å²) in [5, 5.41) is 2.99. The van der Waals surface area contributed by atoms with Crippen LogP contribution in [0.3, 0.4) is 0 Å². The van der Waals surface area contributed by atoms with Crippen molar-refractivity contribution in [2.75, 3.05) is 11.3 Å². The molecule has 31 heavy (non-hydrogen) atoms. The van der Waals surface area contributed by atoms with E-state index in [0.29, 0.717) is 18.6 Å². The maximum atomic E-state index is 13.1. The molecular formula is C23H21FN2O4S. The zero-order chi connectivity index (χ0) is 22.0. The maximum absolute atomic E-state index is 13.1. The molecule has 1 aliphatic heterocycles. The molecule has 3 aromatic carbocycles. The highest BCUT2D eigenvalue weighted by molar-refractivity contribution is 7.92. The number of sulfonamides is 1. The third kappa shape index (κ3) is 4.54. The molecule has 2 N–H and O–H groups in total. The Hall–Kier alpha value is -3.39. The first-order valence-electron chi connectivity index (χ1n) is 9.75. The van der Waals surface area contributed by atoms with Crippen molar-refractivity contribution < 1.29 is 22.3 Å². The van der Waals surface area contributed by atoms with Crippen molar-refractivity contribution in [3.05, 3.63) is 89.2 Å². The summed E-state index contributed by atoms with van der Waals surface area (Å²) in [5.41, 5.74) is 2.04. The van der Waals surface area contributed by atoms with Crippen molar-refractivity contribution in [1.82, 2.24) is 5.32 Å². The molecule has 8 heteroatoms. The van der Waals surface area contributed by atoms with Gasteiger partial charge in [0.25, 0.3) is 15.9 Å². The number of rotatable bonds is 5. The van der Waals surface area contributed by atoms with Crippen LogP contribution in [-0.2, 0) is 10.0 Å². The van der Waals surface area contributed by atoms with E-state index in [1.54, 1.807) is 13.0 Å². The molecule has 4 rings (SSSR count). The summed E-state index contributed by atoms with van der Waals surface area (Å²) in [5.74, 6) is -0.0967. The average molecular weight is 440 g/mol. The molecule has 3 aromatic rings. The van der Waals surface area contributed by atoms with Crippen molar-refractivity contribution in [2.45, 2.75) is 24.3 Å². The highest BCUT2D eigenvalue weighted by Gasteiger charge is 2.25. The second kappa shape index (κ2) is 8.39. The molecule has 6 nitrogen and oxygen atoms in total. The minimum atomic E-state index is -3.95. The van der Waals surface area contributed by atoms with E-state index in [9.17, 15) is 17.6 Å². The zero-order valence-corrected chi connectivity index (χ0v) is 17.6. The van der Waals surface area contributed by atoms with Crippen molar-refractivity contribution in [1.29, 1.82) is 0 Å². The van der Waals surface area contributed by atoms with Gasteiger partial charge in [0.05, 0.1) is 17.5 Å². The molecule has 1 heterocycles. The standard InChI is InChI=1S/C23H21FN2O4S/c1-15-6-11-18(31(28,29)26-17-9-7-16(24)8-10-17)14-20(15)23(27)25-21-12-13-30-22-5-3-2-4-19(21)22/h2-11,14,21,26H,12-13H2,1H3,(H,25,27)/t21-/m1/s1. The predicted molar refractivity (Wildman–Crippen MR) is 115 cm³/mol. The van der Waals surface area contributed by atoms with Crippen LogP contribution in [0.25, 0.3) is 0 Å². The van der Waals surface area contributed by atoms with Gasteiger partial charge in [-0.3, -0.25) is 9.52 Å². The number of fused-ring (bicyclic) bond motifs is 1. The van der Waals surface area contributed by atoms with Crippen molar-refractivity contribution in [3.63, 3.8) is 0 Å². The number of para-hydroxylation sites is 1. The maximum Gasteiger partial charge on any atom is 0.261 e. The van der Waals surface area contributed by atoms with Crippen LogP contribution in [0.15, 0.2) is 71.6 Å². The van der Waals surface area contributed by atoms with Gasteiger partial charge in [0.2, 0.25) is 0 Å². The van der Waals surface area contributed by atoms with Gasteiger partial charge in [-0.25, -0.2) is 12.8 Å². The third-order valence-electron chi connectivity index (χ3n) is 5.12. The molecule has 1 amide bonds. The SMILES string of the molecule is Cc1ccc(S(=O)(=O)Nc2ccc(F)cc2)cc1C(=O)N[C@@H]1CCOc2ccccc21. The molecule has 0 aliphatic carbocycles. The minimum absolute atomic E-state index is 0.0556. The van der Waals surface area contributed by atoms with Crippen molar-refractivity contribution in [2.24, 2.45) is 0 Å². The third-order valence-corrected chi connectivity index (χ3v) is 6.50. The Kier molecular flexibility index (Phi) is 5.65. The summed E-state index contributed by atoms with van der Waals surface area (Å²) in [6.45, 7) is 2.23. The zero-order valence-electron chi connectivity index (χ0n) is 16.8. The molecule has 0 saturated heterocycles. The van der Waals surface area contributed by atoms with E-state index >= 15 is 0 Å². The van der Waals surface area contributed by atoms with Crippen LogP contribution in [0, 0.1) is 12.7 Å². The number of hydrogen-bond donors (Lipinski definition) is 2. The molecule has 0 bridgehead atoms. The van der Waals surface area contributed by atoms with Gasteiger partial charge in [-0.05, 0) is 55.0 Å². The molecule has 1 atom stereocenters. The number of halogens is 1. The highest BCUT2D eigenvalue weighted by atomic mass is 32.2. The molecule has 0 spiro atoms. The average Bonchev–Trinajstić information content (AvgIpc) is 2.75. The normalized spacial score (nSPS) is 15.5. The fourth-order valence-corrected chi connectivity index (χ4v) is 4.56. The second-order valence-corrected chi connectivity index (χ2v) is 8.97. The van der Waals surface area contributed by atoms with Crippen LogP contribution in [-0.4, -0.2) is 20.9 Å². The van der Waals surface area contributed by atoms with E-state index in [-0.39, 0.29) is 28.1 Å². The Morgan fingerprint density at radius 2 is 1.81 bits per heavy atom. The number of hydrogen-bond acceptors (Lipinski definition) is 4. The van der Waals surface area contributed by atoms with Crippen molar-refractivity contribution in [3.8, 4) is 5.75 Å². The molecule has 0 aromatic heterocycles. The molecule has 1 aliphatic rings. The lowest BCUT2D eigenvalue weighted by atomic mass is 9.99. The van der Waals surface area contributed by atoms with E-state index in [4.69, 9.17) is 4.74 Å². The lowest BCUT2D eigenvalue weighted by Crippen LogP contribution is -2.32. The van der Waals surface area contributed by atoms with Gasteiger partial charge >= 0.3 is 0 Å². The molecule has 0 saturated carbocycles. The Balaban J connectivity index is 1.58. The van der Waals surface area contributed by atoms with Crippen LogP contribution < -0.4 is 14.8 Å². The predicted octanol–water partition coefficient (Wildman–Crippen LogP) is 4.19. The number of aryl methyl sites for hydroxylation is 1. The van der Waals surface area contributed by atoms with E-state index in [1.807, 2.05) is 24.3 Å². The summed E-state index contributed by atoms with van der Waals surface area (Å²) in [4.78, 5) is 13.0. The van der Waals surface area contributed by atoms with Gasteiger partial charge in [-0.15, -0.1) is 0 Å². The number of benzene rings is 3. The Morgan fingerprint density at radius 1 is 1.06 bits per heavy atom. The summed E-state index contributed by atoms with van der Waals surface area (Å²) in [6.07, 6.45) is 0.617. The van der Waals surface area contributed by atoms with Crippen LogP contribution in [0.1, 0.15) is 33.9 Å². The number of amides is 1. The smallest absolute Gasteiger partial charge is 0.261 e. The molecule has 0 fully saturated rings. The minimum Gasteiger partial charge on any atom is -0.493 e. The summed E-state index contributed by atoms with van der Waals surface area (Å²) in [6, 6.07) is 16.6. The summed E-state index contributed by atoms with van der Waals surface area (Å²) in [7, 11) is -3.95. The molecule has 0 unspecified atom stereocenters. The fourth-order valence-electron chi connectivity index (χ4n) is 3.47. The van der Waals surface area contributed by atoms with Gasteiger partial charge in [-0.2, -0.15) is 0 Å². The topological polar surface area (TPSA) is 84.5 Å². The number of anilines is 1. The van der Waals surface area contributed by atoms with Crippen LogP contribution in [0.2, 0.25) is 0 Å². The first kappa shape index (κ1) is 20.9. The van der Waals surface area contributed by atoms with Gasteiger partial charge in [-0.1, -0.05) is 24.3 Å². The summed E-state index contributed by atoms with van der Waals surface area (Å²) >= 11 is 0. The van der Waals surface area contributed by atoms with E-state index in [1.165, 1.54) is 24.3 Å². The summed E-state index contributed by atoms with van der Waals surface area (Å²) < 4.78 is 46.7. The van der Waals surface area contributed by atoms with Gasteiger partial charge in [0.1, 0.15) is 11.6 Å². The molecule has 0 radical (unpaired) electrons. The Bertz CT molecular complexity index is 1230. The van der Waals surface area contributed by atoms with Crippen LogP contribution in [0.5, 0.6) is 5.75 Å². The quantitative estimate of drug-likeness (QED) is 0.623. The van der Waals surface area contributed by atoms with Crippen LogP contribution in [0.4, 0.5) is 10.1 Å². The number of nitrogens with one attached hydrogen (secondary N) is 2. The first-order valence-corrected chi connectivity index (χ1v) is 11.2. The van der Waals surface area contributed by atoms with Crippen molar-refractivity contribution >= 4 is 21.6 Å². The van der Waals surface area contributed by atoms with Crippen LogP contribution >= 0.6 is 0 Å². The van der Waals surface area contributed by atoms with Gasteiger partial charge in [0.15, 0.2) is 0 Å². The lowest BCUT2D eigenvalue weighted by molar-refractivity contribution is 0.0924. The monoisotopic (exact) mass is 440 g/mol. The van der Waals surface area contributed by atoms with Gasteiger partial charge in [0, 0.05) is 23.2 Å².